The SMILES string of the molecule is CCCN(CCC)C(CN)C(C)CC. The predicted molar refractivity (Wildman–Crippen MR) is 64.5 cm³/mol. The summed E-state index contributed by atoms with van der Waals surface area (Å²) in [4.78, 5) is 2.56. The second-order valence-corrected chi connectivity index (χ2v) is 4.22. The Morgan fingerprint density at radius 3 is 1.86 bits per heavy atom. The second-order valence-electron chi connectivity index (χ2n) is 4.22. The van der Waals surface area contributed by atoms with Crippen LogP contribution in [0.4, 0.5) is 0 Å². The van der Waals surface area contributed by atoms with Gasteiger partial charge in [-0.2, -0.15) is 0 Å². The number of hydrogen-bond donors (Lipinski definition) is 1. The maximum Gasteiger partial charge on any atom is 0.0243 e. The minimum atomic E-state index is 0.583. The molecule has 0 radical (unpaired) electrons. The lowest BCUT2D eigenvalue weighted by Crippen LogP contribution is -2.45. The topological polar surface area (TPSA) is 29.3 Å². The molecule has 2 nitrogen and oxygen atoms in total. The van der Waals surface area contributed by atoms with E-state index in [1.807, 2.05) is 0 Å². The first kappa shape index (κ1) is 13.9. The summed E-state index contributed by atoms with van der Waals surface area (Å²) >= 11 is 0. The Labute approximate surface area is 89.9 Å². The van der Waals surface area contributed by atoms with Crippen LogP contribution in [-0.4, -0.2) is 30.6 Å². The molecule has 0 aliphatic carbocycles. The van der Waals surface area contributed by atoms with Gasteiger partial charge in [-0.15, -0.1) is 0 Å². The summed E-state index contributed by atoms with van der Waals surface area (Å²) in [5, 5.41) is 0. The monoisotopic (exact) mass is 200 g/mol. The molecule has 0 heterocycles. The lowest BCUT2D eigenvalue weighted by molar-refractivity contribution is 0.150. The van der Waals surface area contributed by atoms with Crippen molar-refractivity contribution in [2.24, 2.45) is 11.7 Å². The van der Waals surface area contributed by atoms with E-state index < -0.39 is 0 Å². The molecule has 0 bridgehead atoms. The Hall–Kier alpha value is -0.0800. The molecule has 2 heteroatoms. The Balaban J connectivity index is 4.24. The molecule has 0 aromatic carbocycles. The van der Waals surface area contributed by atoms with Gasteiger partial charge in [-0.1, -0.05) is 34.1 Å². The van der Waals surface area contributed by atoms with Crippen LogP contribution in [0.25, 0.3) is 0 Å². The predicted octanol–water partition coefficient (Wildman–Crippen LogP) is 2.48. The number of rotatable bonds is 8. The highest BCUT2D eigenvalue weighted by atomic mass is 15.2. The summed E-state index contributed by atoms with van der Waals surface area (Å²) < 4.78 is 0. The molecule has 0 saturated heterocycles. The molecule has 2 unspecified atom stereocenters. The fourth-order valence-electron chi connectivity index (χ4n) is 2.03. The lowest BCUT2D eigenvalue weighted by Gasteiger charge is -2.34. The van der Waals surface area contributed by atoms with Gasteiger partial charge in [0.25, 0.3) is 0 Å². The third kappa shape index (κ3) is 4.43. The van der Waals surface area contributed by atoms with Gasteiger partial charge in [-0.05, 0) is 31.8 Å². The van der Waals surface area contributed by atoms with Crippen molar-refractivity contribution in [2.75, 3.05) is 19.6 Å². The van der Waals surface area contributed by atoms with Gasteiger partial charge in [0.1, 0.15) is 0 Å². The first-order valence-electron chi connectivity index (χ1n) is 6.15. The highest BCUT2D eigenvalue weighted by Gasteiger charge is 2.20. The molecule has 0 aromatic rings. The van der Waals surface area contributed by atoms with E-state index in [4.69, 9.17) is 5.73 Å². The van der Waals surface area contributed by atoms with Crippen LogP contribution in [-0.2, 0) is 0 Å². The lowest BCUT2D eigenvalue weighted by atomic mass is 9.97. The summed E-state index contributed by atoms with van der Waals surface area (Å²) in [6, 6.07) is 0.583. The molecular formula is C12H28N2. The van der Waals surface area contributed by atoms with Gasteiger partial charge in [0.2, 0.25) is 0 Å². The maximum absolute atomic E-state index is 5.87. The molecule has 0 spiro atoms. The van der Waals surface area contributed by atoms with Crippen LogP contribution in [0.3, 0.4) is 0 Å². The van der Waals surface area contributed by atoms with Crippen LogP contribution in [0.5, 0.6) is 0 Å². The first-order valence-corrected chi connectivity index (χ1v) is 6.15. The van der Waals surface area contributed by atoms with Gasteiger partial charge in [-0.25, -0.2) is 0 Å². The molecular weight excluding hydrogens is 172 g/mol. The van der Waals surface area contributed by atoms with Crippen molar-refractivity contribution in [3.8, 4) is 0 Å². The number of nitrogens with zero attached hydrogens (tertiary/aromatic N) is 1. The van der Waals surface area contributed by atoms with Crippen molar-refractivity contribution >= 4 is 0 Å². The Bertz CT molecular complexity index is 119. The zero-order valence-electron chi connectivity index (χ0n) is 10.4. The molecule has 2 atom stereocenters. The molecule has 0 aromatic heterocycles. The molecule has 0 aliphatic heterocycles. The van der Waals surface area contributed by atoms with Gasteiger partial charge in [-0.3, -0.25) is 4.90 Å². The second kappa shape index (κ2) is 8.25. The minimum Gasteiger partial charge on any atom is -0.329 e. The van der Waals surface area contributed by atoms with E-state index in [0.717, 1.165) is 12.5 Å². The van der Waals surface area contributed by atoms with Crippen LogP contribution in [0.15, 0.2) is 0 Å². The average Bonchev–Trinajstić information content (AvgIpc) is 2.19. The summed E-state index contributed by atoms with van der Waals surface area (Å²) in [6.07, 6.45) is 3.69. The molecule has 86 valence electrons. The van der Waals surface area contributed by atoms with Crippen molar-refractivity contribution in [1.29, 1.82) is 0 Å². The molecule has 0 aliphatic rings. The maximum atomic E-state index is 5.87. The van der Waals surface area contributed by atoms with Crippen molar-refractivity contribution < 1.29 is 0 Å². The highest BCUT2D eigenvalue weighted by Crippen LogP contribution is 2.14. The van der Waals surface area contributed by atoms with Gasteiger partial charge >= 0.3 is 0 Å². The zero-order chi connectivity index (χ0) is 11.0. The van der Waals surface area contributed by atoms with Gasteiger partial charge in [0, 0.05) is 12.6 Å². The van der Waals surface area contributed by atoms with E-state index in [1.54, 1.807) is 0 Å². The fourth-order valence-corrected chi connectivity index (χ4v) is 2.03. The van der Waals surface area contributed by atoms with Gasteiger partial charge in [0.15, 0.2) is 0 Å². The van der Waals surface area contributed by atoms with E-state index in [1.165, 1.54) is 32.4 Å². The highest BCUT2D eigenvalue weighted by molar-refractivity contribution is 4.76. The summed E-state index contributed by atoms with van der Waals surface area (Å²) in [5.41, 5.74) is 5.87. The molecule has 0 fully saturated rings. The van der Waals surface area contributed by atoms with Crippen molar-refractivity contribution in [2.45, 2.75) is 53.0 Å². The third-order valence-corrected chi connectivity index (χ3v) is 3.03. The summed E-state index contributed by atoms with van der Waals surface area (Å²) in [7, 11) is 0. The molecule has 0 saturated carbocycles. The molecule has 0 rings (SSSR count). The van der Waals surface area contributed by atoms with E-state index >= 15 is 0 Å². The van der Waals surface area contributed by atoms with Crippen LogP contribution in [0.1, 0.15) is 47.0 Å². The molecule has 2 N–H and O–H groups in total. The third-order valence-electron chi connectivity index (χ3n) is 3.03. The minimum absolute atomic E-state index is 0.583. The Kier molecular flexibility index (Phi) is 8.20. The fraction of sp³-hybridized carbons (Fsp3) is 1.00. The van der Waals surface area contributed by atoms with E-state index in [-0.39, 0.29) is 0 Å². The zero-order valence-corrected chi connectivity index (χ0v) is 10.4. The average molecular weight is 200 g/mol. The van der Waals surface area contributed by atoms with Gasteiger partial charge < -0.3 is 5.73 Å². The standard InChI is InChI=1S/C12H28N2/c1-5-8-14(9-6-2)12(10-13)11(4)7-3/h11-12H,5-10,13H2,1-4H3. The van der Waals surface area contributed by atoms with Crippen molar-refractivity contribution in [3.63, 3.8) is 0 Å². The largest absolute Gasteiger partial charge is 0.329 e. The summed E-state index contributed by atoms with van der Waals surface area (Å²) in [6.45, 7) is 12.2. The number of nitrogens with two attached hydrogens (primary N) is 1. The van der Waals surface area contributed by atoms with Crippen molar-refractivity contribution in [1.82, 2.24) is 4.90 Å². The summed E-state index contributed by atoms with van der Waals surface area (Å²) in [5.74, 6) is 0.720. The quantitative estimate of drug-likeness (QED) is 0.652. The van der Waals surface area contributed by atoms with Crippen LogP contribution < -0.4 is 5.73 Å². The molecule has 0 amide bonds. The first-order chi connectivity index (χ1) is 6.71. The van der Waals surface area contributed by atoms with Crippen LogP contribution in [0.2, 0.25) is 0 Å². The molecule has 14 heavy (non-hydrogen) atoms. The van der Waals surface area contributed by atoms with Crippen LogP contribution >= 0.6 is 0 Å². The Morgan fingerprint density at radius 2 is 1.57 bits per heavy atom. The van der Waals surface area contributed by atoms with Gasteiger partial charge in [0.05, 0.1) is 0 Å². The Morgan fingerprint density at radius 1 is 1.07 bits per heavy atom. The van der Waals surface area contributed by atoms with Crippen molar-refractivity contribution in [3.05, 3.63) is 0 Å². The smallest absolute Gasteiger partial charge is 0.0243 e. The van der Waals surface area contributed by atoms with Crippen LogP contribution in [0, 0.1) is 5.92 Å². The normalized spacial score (nSPS) is 15.9. The van der Waals surface area contributed by atoms with E-state index in [2.05, 4.69) is 32.6 Å². The van der Waals surface area contributed by atoms with E-state index in [9.17, 15) is 0 Å². The van der Waals surface area contributed by atoms with E-state index in [0.29, 0.717) is 6.04 Å². The number of hydrogen-bond acceptors (Lipinski definition) is 2.